The van der Waals surface area contributed by atoms with Crippen LogP contribution in [0.4, 0.5) is 0 Å². The van der Waals surface area contributed by atoms with Gasteiger partial charge in [0.15, 0.2) is 5.78 Å². The number of ketones is 1. The molecule has 1 atom stereocenters. The minimum Gasteiger partial charge on any atom is -0.492 e. The summed E-state index contributed by atoms with van der Waals surface area (Å²) in [6, 6.07) is 15.4. The van der Waals surface area contributed by atoms with E-state index in [2.05, 4.69) is 0 Å². The standard InChI is InChI=1S/C17H16O3/c1-12-10-20-16-8-7-14(9-15(16)17(12)18)19-11-13-5-3-2-4-6-13/h2-9,12H,10-11H2,1H3. The third-order valence-corrected chi connectivity index (χ3v) is 3.40. The number of Topliss-reactive ketones (excluding diaryl/α,β-unsaturated/α-hetero) is 1. The van der Waals surface area contributed by atoms with Gasteiger partial charge in [-0.05, 0) is 23.8 Å². The zero-order valence-corrected chi connectivity index (χ0v) is 11.3. The van der Waals surface area contributed by atoms with Crippen LogP contribution in [0.1, 0.15) is 22.8 Å². The third kappa shape index (κ3) is 2.52. The van der Waals surface area contributed by atoms with Crippen molar-refractivity contribution in [3.8, 4) is 11.5 Å². The van der Waals surface area contributed by atoms with E-state index in [1.165, 1.54) is 0 Å². The van der Waals surface area contributed by atoms with E-state index in [-0.39, 0.29) is 11.7 Å². The first kappa shape index (κ1) is 12.7. The van der Waals surface area contributed by atoms with Crippen molar-refractivity contribution in [3.63, 3.8) is 0 Å². The van der Waals surface area contributed by atoms with Crippen LogP contribution in [0.2, 0.25) is 0 Å². The molecule has 0 spiro atoms. The van der Waals surface area contributed by atoms with Crippen molar-refractivity contribution in [1.82, 2.24) is 0 Å². The molecule has 0 saturated carbocycles. The quantitative estimate of drug-likeness (QED) is 0.855. The summed E-state index contributed by atoms with van der Waals surface area (Å²) in [4.78, 5) is 12.1. The number of hydrogen-bond acceptors (Lipinski definition) is 3. The Hall–Kier alpha value is -2.29. The molecule has 102 valence electrons. The van der Waals surface area contributed by atoms with Gasteiger partial charge in [0.25, 0.3) is 0 Å². The van der Waals surface area contributed by atoms with Gasteiger partial charge in [-0.1, -0.05) is 37.3 Å². The molecule has 1 heterocycles. The van der Waals surface area contributed by atoms with E-state index < -0.39 is 0 Å². The van der Waals surface area contributed by atoms with Gasteiger partial charge >= 0.3 is 0 Å². The van der Waals surface area contributed by atoms with Gasteiger partial charge in [0.2, 0.25) is 0 Å². The minimum atomic E-state index is -0.0909. The molecule has 1 aliphatic rings. The zero-order chi connectivity index (χ0) is 13.9. The number of carbonyl (C=O) groups excluding carboxylic acids is 1. The molecule has 1 unspecified atom stereocenters. The average molecular weight is 268 g/mol. The largest absolute Gasteiger partial charge is 0.492 e. The van der Waals surface area contributed by atoms with Crippen LogP contribution in [0.25, 0.3) is 0 Å². The molecule has 20 heavy (non-hydrogen) atoms. The highest BCUT2D eigenvalue weighted by molar-refractivity contribution is 6.01. The Balaban J connectivity index is 1.77. The molecule has 3 rings (SSSR count). The van der Waals surface area contributed by atoms with Crippen LogP contribution in [0.15, 0.2) is 48.5 Å². The SMILES string of the molecule is CC1COc2ccc(OCc3ccccc3)cc2C1=O. The monoisotopic (exact) mass is 268 g/mol. The summed E-state index contributed by atoms with van der Waals surface area (Å²) in [7, 11) is 0. The lowest BCUT2D eigenvalue weighted by Gasteiger charge is -2.21. The second-order valence-electron chi connectivity index (χ2n) is 5.01. The lowest BCUT2D eigenvalue weighted by atomic mass is 9.96. The number of benzene rings is 2. The third-order valence-electron chi connectivity index (χ3n) is 3.40. The number of ether oxygens (including phenoxy) is 2. The van der Waals surface area contributed by atoms with Crippen molar-refractivity contribution in [1.29, 1.82) is 0 Å². The van der Waals surface area contributed by atoms with Crippen molar-refractivity contribution < 1.29 is 14.3 Å². The summed E-state index contributed by atoms with van der Waals surface area (Å²) in [5.41, 5.74) is 1.72. The number of hydrogen-bond donors (Lipinski definition) is 0. The van der Waals surface area contributed by atoms with Gasteiger partial charge in [0.05, 0.1) is 18.1 Å². The van der Waals surface area contributed by atoms with Gasteiger partial charge < -0.3 is 9.47 Å². The van der Waals surface area contributed by atoms with E-state index >= 15 is 0 Å². The molecule has 0 amide bonds. The molecule has 0 aliphatic carbocycles. The fourth-order valence-electron chi connectivity index (χ4n) is 2.21. The number of fused-ring (bicyclic) bond motifs is 1. The number of carbonyl (C=O) groups is 1. The van der Waals surface area contributed by atoms with E-state index in [1.54, 1.807) is 12.1 Å². The van der Waals surface area contributed by atoms with Crippen molar-refractivity contribution in [3.05, 3.63) is 59.7 Å². The molecule has 0 bridgehead atoms. The molecule has 1 aliphatic heterocycles. The first-order valence-electron chi connectivity index (χ1n) is 6.72. The van der Waals surface area contributed by atoms with Crippen LogP contribution in [0.3, 0.4) is 0 Å². The van der Waals surface area contributed by atoms with E-state index in [4.69, 9.17) is 9.47 Å². The van der Waals surface area contributed by atoms with Crippen molar-refractivity contribution >= 4 is 5.78 Å². The highest BCUT2D eigenvalue weighted by atomic mass is 16.5. The van der Waals surface area contributed by atoms with E-state index in [9.17, 15) is 4.79 Å². The number of rotatable bonds is 3. The molecule has 2 aromatic carbocycles. The van der Waals surface area contributed by atoms with Crippen LogP contribution in [0, 0.1) is 5.92 Å². The molecular formula is C17H16O3. The zero-order valence-electron chi connectivity index (χ0n) is 11.3. The second kappa shape index (κ2) is 5.37. The van der Waals surface area contributed by atoms with Crippen LogP contribution in [0.5, 0.6) is 11.5 Å². The fourth-order valence-corrected chi connectivity index (χ4v) is 2.21. The maximum atomic E-state index is 12.1. The first-order chi connectivity index (χ1) is 9.74. The first-order valence-corrected chi connectivity index (χ1v) is 6.72. The molecule has 0 aromatic heterocycles. The molecule has 0 radical (unpaired) electrons. The maximum absolute atomic E-state index is 12.1. The lowest BCUT2D eigenvalue weighted by molar-refractivity contribution is 0.0848. The van der Waals surface area contributed by atoms with Gasteiger partial charge in [-0.2, -0.15) is 0 Å². The predicted octanol–water partition coefficient (Wildman–Crippen LogP) is 3.48. The summed E-state index contributed by atoms with van der Waals surface area (Å²) < 4.78 is 11.3. The van der Waals surface area contributed by atoms with Crippen molar-refractivity contribution in [2.75, 3.05) is 6.61 Å². The fraction of sp³-hybridized carbons (Fsp3) is 0.235. The highest BCUT2D eigenvalue weighted by Crippen LogP contribution is 2.30. The normalized spacial score (nSPS) is 17.2. The van der Waals surface area contributed by atoms with Gasteiger partial charge in [0, 0.05) is 0 Å². The Morgan fingerprint density at radius 1 is 1.20 bits per heavy atom. The minimum absolute atomic E-state index is 0.0909. The molecule has 3 nitrogen and oxygen atoms in total. The van der Waals surface area contributed by atoms with Crippen LogP contribution in [-0.4, -0.2) is 12.4 Å². The van der Waals surface area contributed by atoms with Crippen LogP contribution in [-0.2, 0) is 6.61 Å². The Labute approximate surface area is 118 Å². The highest BCUT2D eigenvalue weighted by Gasteiger charge is 2.25. The maximum Gasteiger partial charge on any atom is 0.172 e. The molecule has 0 fully saturated rings. The van der Waals surface area contributed by atoms with Gasteiger partial charge in [-0.3, -0.25) is 4.79 Å². The lowest BCUT2D eigenvalue weighted by Crippen LogP contribution is -2.25. The molecule has 2 aromatic rings. The summed E-state index contributed by atoms with van der Waals surface area (Å²) >= 11 is 0. The Kier molecular flexibility index (Phi) is 3.42. The summed E-state index contributed by atoms with van der Waals surface area (Å²) in [5.74, 6) is 1.38. The summed E-state index contributed by atoms with van der Waals surface area (Å²) in [6.07, 6.45) is 0. The molecular weight excluding hydrogens is 252 g/mol. The van der Waals surface area contributed by atoms with Crippen molar-refractivity contribution in [2.24, 2.45) is 5.92 Å². The van der Waals surface area contributed by atoms with Crippen molar-refractivity contribution in [2.45, 2.75) is 13.5 Å². The van der Waals surface area contributed by atoms with Gasteiger partial charge in [-0.15, -0.1) is 0 Å². The van der Waals surface area contributed by atoms with Gasteiger partial charge in [0.1, 0.15) is 18.1 Å². The predicted molar refractivity (Wildman–Crippen MR) is 76.2 cm³/mol. The Bertz CT molecular complexity index is 619. The molecule has 0 saturated heterocycles. The van der Waals surface area contributed by atoms with Gasteiger partial charge in [-0.25, -0.2) is 0 Å². The molecule has 3 heteroatoms. The topological polar surface area (TPSA) is 35.5 Å². The Morgan fingerprint density at radius 2 is 2.00 bits per heavy atom. The van der Waals surface area contributed by atoms with E-state index in [0.29, 0.717) is 30.3 Å². The summed E-state index contributed by atoms with van der Waals surface area (Å²) in [5, 5.41) is 0. The van der Waals surface area contributed by atoms with E-state index in [1.807, 2.05) is 43.3 Å². The van der Waals surface area contributed by atoms with Crippen LogP contribution >= 0.6 is 0 Å². The second-order valence-corrected chi connectivity index (χ2v) is 5.01. The van der Waals surface area contributed by atoms with Crippen LogP contribution < -0.4 is 9.47 Å². The summed E-state index contributed by atoms with van der Waals surface area (Å²) in [6.45, 7) is 2.82. The average Bonchev–Trinajstić information content (AvgIpc) is 2.50. The molecule has 0 N–H and O–H groups in total. The smallest absolute Gasteiger partial charge is 0.172 e. The van der Waals surface area contributed by atoms with E-state index in [0.717, 1.165) is 5.56 Å². The Morgan fingerprint density at radius 3 is 2.80 bits per heavy atom.